The number of halogens is 2. The van der Waals surface area contributed by atoms with Crippen LogP contribution in [-0.4, -0.2) is 22.8 Å². The molecule has 0 atom stereocenters. The predicted molar refractivity (Wildman–Crippen MR) is 83.3 cm³/mol. The minimum Gasteiger partial charge on any atom is -0.506 e. The number of aromatic nitrogens is 1. The average Bonchev–Trinajstić information content (AvgIpc) is 2.80. The molecular formula is C13H9Br2N3O3. The number of phenolic OH excluding ortho intramolecular Hbond substituents is 1. The summed E-state index contributed by atoms with van der Waals surface area (Å²) in [6.07, 6.45) is 1.44. The van der Waals surface area contributed by atoms with Crippen LogP contribution >= 0.6 is 31.9 Å². The van der Waals surface area contributed by atoms with Crippen LogP contribution in [-0.2, 0) is 4.74 Å². The molecule has 21 heavy (non-hydrogen) atoms. The van der Waals surface area contributed by atoms with Crippen LogP contribution < -0.4 is 5.73 Å². The molecule has 0 amide bonds. The molecule has 0 saturated carbocycles. The number of carbonyl (C=O) groups is 1. The number of nitrogens with two attached hydrogens (primary N) is 1. The predicted octanol–water partition coefficient (Wildman–Crippen LogP) is 2.95. The summed E-state index contributed by atoms with van der Waals surface area (Å²) in [7, 11) is 1.23. The number of methoxy groups -OCH3 is 1. The van der Waals surface area contributed by atoms with Crippen LogP contribution in [0.3, 0.4) is 0 Å². The Morgan fingerprint density at radius 2 is 2.00 bits per heavy atom. The lowest BCUT2D eigenvalue weighted by Crippen LogP contribution is -2.11. The van der Waals surface area contributed by atoms with E-state index < -0.39 is 5.97 Å². The van der Waals surface area contributed by atoms with E-state index in [2.05, 4.69) is 31.9 Å². The Bertz CT molecular complexity index is 755. The molecule has 0 aliphatic rings. The first-order valence-corrected chi connectivity index (χ1v) is 7.17. The van der Waals surface area contributed by atoms with Crippen LogP contribution in [0.25, 0.3) is 5.69 Å². The molecule has 1 aromatic carbocycles. The highest BCUT2D eigenvalue weighted by Gasteiger charge is 2.22. The average molecular weight is 415 g/mol. The summed E-state index contributed by atoms with van der Waals surface area (Å²) in [5.74, 6) is -0.631. The number of nitriles is 1. The van der Waals surface area contributed by atoms with Gasteiger partial charge in [0.05, 0.1) is 27.3 Å². The number of esters is 1. The Balaban J connectivity index is 2.75. The number of carbonyl (C=O) groups excluding carboxylic acids is 1. The van der Waals surface area contributed by atoms with Crippen LogP contribution in [0.4, 0.5) is 5.69 Å². The first kappa shape index (κ1) is 15.4. The molecule has 6 nitrogen and oxygen atoms in total. The number of ether oxygens (including phenoxy) is 1. The third kappa shape index (κ3) is 2.62. The Hall–Kier alpha value is -1.98. The third-order valence-corrected chi connectivity index (χ3v) is 4.03. The Morgan fingerprint density at radius 3 is 2.48 bits per heavy atom. The maximum Gasteiger partial charge on any atom is 0.357 e. The smallest absolute Gasteiger partial charge is 0.357 e. The number of anilines is 1. The van der Waals surface area contributed by atoms with E-state index in [1.807, 2.05) is 6.07 Å². The van der Waals surface area contributed by atoms with Crippen molar-refractivity contribution in [1.82, 2.24) is 4.57 Å². The summed E-state index contributed by atoms with van der Waals surface area (Å²) >= 11 is 6.42. The summed E-state index contributed by atoms with van der Waals surface area (Å²) in [6, 6.07) is 5.10. The quantitative estimate of drug-likeness (QED) is 0.735. The molecule has 0 aliphatic carbocycles. The molecule has 2 aromatic rings. The summed E-state index contributed by atoms with van der Waals surface area (Å²) in [5, 5.41) is 18.8. The zero-order valence-corrected chi connectivity index (χ0v) is 13.9. The van der Waals surface area contributed by atoms with Gasteiger partial charge in [-0.2, -0.15) is 5.26 Å². The van der Waals surface area contributed by atoms with Gasteiger partial charge in [0.1, 0.15) is 11.8 Å². The molecule has 0 saturated heterocycles. The van der Waals surface area contributed by atoms with Gasteiger partial charge in [-0.1, -0.05) is 0 Å². The molecular weight excluding hydrogens is 406 g/mol. The summed E-state index contributed by atoms with van der Waals surface area (Å²) in [6.45, 7) is 0. The van der Waals surface area contributed by atoms with E-state index in [1.54, 1.807) is 12.1 Å². The van der Waals surface area contributed by atoms with Gasteiger partial charge in [-0.3, -0.25) is 0 Å². The number of aromatic hydroxyl groups is 1. The maximum atomic E-state index is 11.9. The van der Waals surface area contributed by atoms with E-state index in [-0.39, 0.29) is 22.7 Å². The summed E-state index contributed by atoms with van der Waals surface area (Å²) < 4.78 is 6.99. The van der Waals surface area contributed by atoms with Crippen molar-refractivity contribution in [3.05, 3.63) is 38.5 Å². The van der Waals surface area contributed by atoms with Gasteiger partial charge in [-0.05, 0) is 44.0 Å². The number of hydrogen-bond acceptors (Lipinski definition) is 5. The second-order valence-electron chi connectivity index (χ2n) is 4.04. The number of nitrogens with zero attached hydrogens (tertiary/aromatic N) is 2. The molecule has 108 valence electrons. The van der Waals surface area contributed by atoms with Crippen LogP contribution in [0.1, 0.15) is 16.1 Å². The highest BCUT2D eigenvalue weighted by atomic mass is 79.9. The SMILES string of the molecule is COC(=O)c1c(N)c(C#N)cn1-c1cc(Br)c(O)c(Br)c1. The van der Waals surface area contributed by atoms with Gasteiger partial charge in [-0.15, -0.1) is 0 Å². The lowest BCUT2D eigenvalue weighted by Gasteiger charge is -2.10. The fourth-order valence-corrected chi connectivity index (χ4v) is 2.97. The monoisotopic (exact) mass is 413 g/mol. The van der Waals surface area contributed by atoms with Crippen molar-refractivity contribution < 1.29 is 14.6 Å². The minimum absolute atomic E-state index is 0.0269. The topological polar surface area (TPSA) is 101 Å². The number of rotatable bonds is 2. The molecule has 0 fully saturated rings. The van der Waals surface area contributed by atoms with Crippen molar-refractivity contribution in [2.75, 3.05) is 12.8 Å². The van der Waals surface area contributed by atoms with E-state index in [0.717, 1.165) is 0 Å². The summed E-state index contributed by atoms with van der Waals surface area (Å²) in [5.41, 5.74) is 6.61. The van der Waals surface area contributed by atoms with Crippen LogP contribution in [0.5, 0.6) is 5.75 Å². The van der Waals surface area contributed by atoms with Crippen LogP contribution in [0.15, 0.2) is 27.3 Å². The largest absolute Gasteiger partial charge is 0.506 e. The molecule has 8 heteroatoms. The standard InChI is InChI=1S/C13H9Br2N3O3/c1-21-13(20)11-10(17)6(4-16)5-18(11)7-2-8(14)12(19)9(15)3-7/h2-3,5,19H,17H2,1H3. The first-order valence-electron chi connectivity index (χ1n) is 5.58. The van der Waals surface area contributed by atoms with Crippen molar-refractivity contribution in [3.63, 3.8) is 0 Å². The molecule has 0 spiro atoms. The van der Waals surface area contributed by atoms with E-state index in [4.69, 9.17) is 15.7 Å². The van der Waals surface area contributed by atoms with Gasteiger partial charge < -0.3 is 20.1 Å². The van der Waals surface area contributed by atoms with Gasteiger partial charge >= 0.3 is 5.97 Å². The molecule has 1 aromatic heterocycles. The van der Waals surface area contributed by atoms with Gasteiger partial charge in [0.2, 0.25) is 0 Å². The number of nitrogen functional groups attached to an aromatic ring is 1. The minimum atomic E-state index is -0.658. The van der Waals surface area contributed by atoms with Gasteiger partial charge in [0.25, 0.3) is 0 Å². The van der Waals surface area contributed by atoms with Crippen LogP contribution in [0.2, 0.25) is 0 Å². The Morgan fingerprint density at radius 1 is 1.43 bits per heavy atom. The maximum absolute atomic E-state index is 11.9. The number of benzene rings is 1. The molecule has 0 bridgehead atoms. The second-order valence-corrected chi connectivity index (χ2v) is 5.75. The zero-order valence-electron chi connectivity index (χ0n) is 10.7. The van der Waals surface area contributed by atoms with Crippen molar-refractivity contribution in [2.24, 2.45) is 0 Å². The lowest BCUT2D eigenvalue weighted by atomic mass is 10.2. The molecule has 1 heterocycles. The molecule has 3 N–H and O–H groups in total. The van der Waals surface area contributed by atoms with Gasteiger partial charge in [0.15, 0.2) is 5.69 Å². The molecule has 0 radical (unpaired) electrons. The van der Waals surface area contributed by atoms with E-state index in [9.17, 15) is 9.90 Å². The Kier molecular flexibility index (Phi) is 4.25. The number of phenols is 1. The van der Waals surface area contributed by atoms with E-state index in [1.165, 1.54) is 17.9 Å². The zero-order chi connectivity index (χ0) is 15.7. The molecule has 2 rings (SSSR count). The number of hydrogen-bond donors (Lipinski definition) is 2. The van der Waals surface area contributed by atoms with E-state index in [0.29, 0.717) is 14.6 Å². The van der Waals surface area contributed by atoms with E-state index >= 15 is 0 Å². The fraction of sp³-hybridized carbons (Fsp3) is 0.0769. The lowest BCUT2D eigenvalue weighted by molar-refractivity contribution is 0.0593. The van der Waals surface area contributed by atoms with Crippen molar-refractivity contribution in [1.29, 1.82) is 5.26 Å². The van der Waals surface area contributed by atoms with Crippen molar-refractivity contribution >= 4 is 43.5 Å². The van der Waals surface area contributed by atoms with Crippen molar-refractivity contribution in [3.8, 4) is 17.5 Å². The highest BCUT2D eigenvalue weighted by Crippen LogP contribution is 2.36. The van der Waals surface area contributed by atoms with Crippen LogP contribution in [0, 0.1) is 11.3 Å². The highest BCUT2D eigenvalue weighted by molar-refractivity contribution is 9.11. The normalized spacial score (nSPS) is 10.2. The fourth-order valence-electron chi connectivity index (χ4n) is 1.81. The van der Waals surface area contributed by atoms with Gasteiger partial charge in [-0.25, -0.2) is 4.79 Å². The first-order chi connectivity index (χ1) is 9.90. The third-order valence-electron chi connectivity index (χ3n) is 2.82. The summed E-state index contributed by atoms with van der Waals surface area (Å²) in [4.78, 5) is 11.9. The van der Waals surface area contributed by atoms with Crippen molar-refractivity contribution in [2.45, 2.75) is 0 Å². The molecule has 0 aliphatic heterocycles. The second kappa shape index (κ2) is 5.79. The Labute approximate surface area is 137 Å². The van der Waals surface area contributed by atoms with Gasteiger partial charge in [0, 0.05) is 11.9 Å². The molecule has 0 unspecified atom stereocenters.